The maximum Gasteiger partial charge on any atom is 0.262 e. The molecule has 0 radical (unpaired) electrons. The van der Waals surface area contributed by atoms with Crippen molar-refractivity contribution < 1.29 is 14.3 Å². The lowest BCUT2D eigenvalue weighted by Crippen LogP contribution is -2.37. The Bertz CT molecular complexity index is 1230. The number of nitrogens with one attached hydrogen (secondary N) is 1. The highest BCUT2D eigenvalue weighted by molar-refractivity contribution is 5.83. The lowest BCUT2D eigenvalue weighted by atomic mass is 10.1. The highest BCUT2D eigenvalue weighted by atomic mass is 16.5. The normalized spacial score (nSPS) is 14.3. The lowest BCUT2D eigenvalue weighted by Gasteiger charge is -2.26. The summed E-state index contributed by atoms with van der Waals surface area (Å²) in [5.74, 6) is 1.48. The number of benzene rings is 2. The van der Waals surface area contributed by atoms with E-state index in [1.54, 1.807) is 25.3 Å². The number of ether oxygens (including phenoxy) is 2. The average molecular weight is 479 g/mol. The second kappa shape index (κ2) is 11.4. The van der Waals surface area contributed by atoms with Crippen LogP contribution < -0.4 is 20.3 Å². The van der Waals surface area contributed by atoms with E-state index in [1.165, 1.54) is 23.8 Å². The average Bonchev–Trinajstić information content (AvgIpc) is 2.86. The van der Waals surface area contributed by atoms with E-state index in [4.69, 9.17) is 14.5 Å². The summed E-state index contributed by atoms with van der Waals surface area (Å²) < 4.78 is 12.8. The molecule has 1 fully saturated rings. The minimum Gasteiger partial charge on any atom is -0.497 e. The summed E-state index contributed by atoms with van der Waals surface area (Å²) in [6, 6.07) is 12.6. The van der Waals surface area contributed by atoms with Crippen molar-refractivity contribution in [3.05, 3.63) is 52.8 Å². The quantitative estimate of drug-likeness (QED) is 0.507. The molecule has 4 rings (SSSR count). The Balaban J connectivity index is 1.67. The molecule has 8 nitrogen and oxygen atoms in total. The van der Waals surface area contributed by atoms with Crippen molar-refractivity contribution in [2.24, 2.45) is 0 Å². The molecule has 0 saturated carbocycles. The number of aromatic nitrogens is 2. The summed E-state index contributed by atoms with van der Waals surface area (Å²) in [6.45, 7) is 7.35. The Morgan fingerprint density at radius 2 is 1.89 bits per heavy atom. The van der Waals surface area contributed by atoms with Crippen LogP contribution in [-0.2, 0) is 11.3 Å². The molecule has 0 atom stereocenters. The van der Waals surface area contributed by atoms with Gasteiger partial charge in [-0.05, 0) is 64.0 Å². The third kappa shape index (κ3) is 6.19. The van der Waals surface area contributed by atoms with Crippen LogP contribution in [0.15, 0.2) is 47.3 Å². The molecular formula is C27H34N4O4. The number of rotatable bonds is 9. The molecule has 3 aromatic rings. The summed E-state index contributed by atoms with van der Waals surface area (Å²) in [7, 11) is 1.59. The van der Waals surface area contributed by atoms with E-state index in [9.17, 15) is 9.59 Å². The maximum atomic E-state index is 13.5. The third-order valence-electron chi connectivity index (χ3n) is 6.13. The number of amides is 1. The van der Waals surface area contributed by atoms with Crippen molar-refractivity contribution in [3.63, 3.8) is 0 Å². The predicted octanol–water partition coefficient (Wildman–Crippen LogP) is 3.46. The fourth-order valence-corrected chi connectivity index (χ4v) is 4.41. The first-order valence-electron chi connectivity index (χ1n) is 12.3. The largest absolute Gasteiger partial charge is 0.497 e. The Hall–Kier alpha value is -3.39. The standard InChI is InChI=1S/C27H34N4O4/c1-19(2)28-25(32)18-31-26(20-8-7-9-21(16-20)34-3)29-24-17-22(10-11-23(24)27(31)33)35-15-14-30-12-5-4-6-13-30/h7-11,16-17,19H,4-6,12-15,18H2,1-3H3,(H,28,32). The molecular weight excluding hydrogens is 444 g/mol. The molecule has 0 aliphatic carbocycles. The van der Waals surface area contributed by atoms with Gasteiger partial charge in [0.15, 0.2) is 0 Å². The first-order chi connectivity index (χ1) is 16.9. The van der Waals surface area contributed by atoms with Crippen LogP contribution in [-0.4, -0.2) is 59.8 Å². The number of hydrogen-bond acceptors (Lipinski definition) is 6. The molecule has 1 aromatic heterocycles. The predicted molar refractivity (Wildman–Crippen MR) is 137 cm³/mol. The van der Waals surface area contributed by atoms with Gasteiger partial charge in [0.2, 0.25) is 5.91 Å². The van der Waals surface area contributed by atoms with Crippen LogP contribution in [0.1, 0.15) is 33.1 Å². The van der Waals surface area contributed by atoms with Crippen molar-refractivity contribution >= 4 is 16.8 Å². The topological polar surface area (TPSA) is 85.7 Å². The highest BCUT2D eigenvalue weighted by Crippen LogP contribution is 2.25. The Labute approximate surface area is 205 Å². The van der Waals surface area contributed by atoms with Gasteiger partial charge in [0, 0.05) is 24.2 Å². The molecule has 1 aliphatic heterocycles. The zero-order valence-corrected chi connectivity index (χ0v) is 20.8. The molecule has 1 amide bonds. The highest BCUT2D eigenvalue weighted by Gasteiger charge is 2.17. The van der Waals surface area contributed by atoms with Crippen molar-refractivity contribution in [2.75, 3.05) is 33.4 Å². The fourth-order valence-electron chi connectivity index (χ4n) is 4.41. The molecule has 35 heavy (non-hydrogen) atoms. The smallest absolute Gasteiger partial charge is 0.262 e. The van der Waals surface area contributed by atoms with Gasteiger partial charge in [-0.25, -0.2) is 4.98 Å². The van der Waals surface area contributed by atoms with Gasteiger partial charge >= 0.3 is 0 Å². The van der Waals surface area contributed by atoms with Gasteiger partial charge in [0.25, 0.3) is 5.56 Å². The summed E-state index contributed by atoms with van der Waals surface area (Å²) in [5.41, 5.74) is 0.951. The maximum absolute atomic E-state index is 13.5. The van der Waals surface area contributed by atoms with E-state index in [0.29, 0.717) is 40.4 Å². The summed E-state index contributed by atoms with van der Waals surface area (Å²) in [5, 5.41) is 3.29. The second-order valence-corrected chi connectivity index (χ2v) is 9.21. The molecule has 2 heterocycles. The molecule has 186 valence electrons. The molecule has 1 aliphatic rings. The van der Waals surface area contributed by atoms with Crippen LogP contribution in [0.25, 0.3) is 22.3 Å². The van der Waals surface area contributed by atoms with E-state index in [0.717, 1.165) is 19.6 Å². The Kier molecular flexibility index (Phi) is 8.02. The molecule has 0 unspecified atom stereocenters. The fraction of sp³-hybridized carbons (Fsp3) is 0.444. The van der Waals surface area contributed by atoms with Crippen LogP contribution in [0.2, 0.25) is 0 Å². The number of likely N-dealkylation sites (tertiary alicyclic amines) is 1. The number of nitrogens with zero attached hydrogens (tertiary/aromatic N) is 3. The minimum absolute atomic E-state index is 0.0310. The van der Waals surface area contributed by atoms with E-state index >= 15 is 0 Å². The zero-order chi connectivity index (χ0) is 24.8. The van der Waals surface area contributed by atoms with Crippen LogP contribution in [0, 0.1) is 0 Å². The van der Waals surface area contributed by atoms with Gasteiger partial charge in [-0.15, -0.1) is 0 Å². The minimum atomic E-state index is -0.272. The van der Waals surface area contributed by atoms with Crippen molar-refractivity contribution in [3.8, 4) is 22.9 Å². The first kappa shape index (κ1) is 24.7. The van der Waals surface area contributed by atoms with E-state index < -0.39 is 0 Å². The monoisotopic (exact) mass is 478 g/mol. The van der Waals surface area contributed by atoms with Crippen LogP contribution in [0.5, 0.6) is 11.5 Å². The second-order valence-electron chi connectivity index (χ2n) is 9.21. The van der Waals surface area contributed by atoms with Gasteiger partial charge < -0.3 is 14.8 Å². The van der Waals surface area contributed by atoms with E-state index in [1.807, 2.05) is 38.1 Å². The molecule has 2 aromatic carbocycles. The van der Waals surface area contributed by atoms with Gasteiger partial charge in [0.05, 0.1) is 18.0 Å². The van der Waals surface area contributed by atoms with E-state index in [2.05, 4.69) is 10.2 Å². The molecule has 1 saturated heterocycles. The van der Waals surface area contributed by atoms with Crippen LogP contribution in [0.3, 0.4) is 0 Å². The van der Waals surface area contributed by atoms with Gasteiger partial charge in [-0.1, -0.05) is 18.6 Å². The Morgan fingerprint density at radius 1 is 1.09 bits per heavy atom. The first-order valence-corrected chi connectivity index (χ1v) is 12.3. The van der Waals surface area contributed by atoms with Gasteiger partial charge in [-0.3, -0.25) is 19.1 Å². The summed E-state index contributed by atoms with van der Waals surface area (Å²) in [4.78, 5) is 33.3. The van der Waals surface area contributed by atoms with E-state index in [-0.39, 0.29) is 24.1 Å². The van der Waals surface area contributed by atoms with Crippen molar-refractivity contribution in [2.45, 2.75) is 45.7 Å². The number of hydrogen-bond donors (Lipinski definition) is 1. The number of carbonyl (C=O) groups excluding carboxylic acids is 1. The van der Waals surface area contributed by atoms with Crippen molar-refractivity contribution in [1.82, 2.24) is 19.8 Å². The number of piperidine rings is 1. The lowest BCUT2D eigenvalue weighted by molar-refractivity contribution is -0.122. The van der Waals surface area contributed by atoms with Crippen LogP contribution >= 0.6 is 0 Å². The molecule has 8 heteroatoms. The van der Waals surface area contributed by atoms with Crippen LogP contribution in [0.4, 0.5) is 0 Å². The number of fused-ring (bicyclic) bond motifs is 1. The molecule has 0 spiro atoms. The number of carbonyl (C=O) groups is 1. The SMILES string of the molecule is COc1cccc(-c2nc3cc(OCCN4CCCCC4)ccc3c(=O)n2CC(=O)NC(C)C)c1. The van der Waals surface area contributed by atoms with Gasteiger partial charge in [-0.2, -0.15) is 0 Å². The third-order valence-corrected chi connectivity index (χ3v) is 6.13. The zero-order valence-electron chi connectivity index (χ0n) is 20.8. The van der Waals surface area contributed by atoms with Crippen molar-refractivity contribution in [1.29, 1.82) is 0 Å². The Morgan fingerprint density at radius 3 is 2.63 bits per heavy atom. The van der Waals surface area contributed by atoms with Gasteiger partial charge in [0.1, 0.15) is 30.5 Å². The number of methoxy groups -OCH3 is 1. The molecule has 0 bridgehead atoms. The summed E-state index contributed by atoms with van der Waals surface area (Å²) in [6.07, 6.45) is 3.79. The molecule has 1 N–H and O–H groups in total. The summed E-state index contributed by atoms with van der Waals surface area (Å²) >= 11 is 0.